The van der Waals surface area contributed by atoms with Crippen LogP contribution >= 0.6 is 11.8 Å². The molecule has 0 saturated carbocycles. The molecule has 0 aliphatic rings. The molecular formula is C11H21N3OS. The summed E-state index contributed by atoms with van der Waals surface area (Å²) in [5.74, 6) is 2.13. The summed E-state index contributed by atoms with van der Waals surface area (Å²) in [6.45, 7) is 6.47. The van der Waals surface area contributed by atoms with Crippen molar-refractivity contribution in [3.05, 3.63) is 11.7 Å². The van der Waals surface area contributed by atoms with E-state index in [4.69, 9.17) is 10.3 Å². The third-order valence-corrected chi connectivity index (χ3v) is 3.80. The van der Waals surface area contributed by atoms with E-state index in [0.717, 1.165) is 30.8 Å². The number of rotatable bonds is 7. The van der Waals surface area contributed by atoms with E-state index in [1.54, 1.807) is 0 Å². The topological polar surface area (TPSA) is 64.9 Å². The van der Waals surface area contributed by atoms with Crippen LogP contribution in [0.25, 0.3) is 0 Å². The number of nitrogens with zero attached hydrogens (tertiary/aromatic N) is 2. The second-order valence-electron chi connectivity index (χ2n) is 3.97. The van der Waals surface area contributed by atoms with E-state index < -0.39 is 0 Å². The molecule has 1 aromatic rings. The van der Waals surface area contributed by atoms with Gasteiger partial charge in [-0.05, 0) is 12.8 Å². The van der Waals surface area contributed by atoms with Crippen molar-refractivity contribution in [2.75, 3.05) is 0 Å². The quantitative estimate of drug-likeness (QED) is 0.797. The molecule has 0 spiro atoms. The molecule has 0 bridgehead atoms. The van der Waals surface area contributed by atoms with E-state index in [-0.39, 0.29) is 6.04 Å². The van der Waals surface area contributed by atoms with Gasteiger partial charge in [0, 0.05) is 5.25 Å². The van der Waals surface area contributed by atoms with Crippen molar-refractivity contribution in [3.8, 4) is 0 Å². The van der Waals surface area contributed by atoms with Crippen molar-refractivity contribution in [2.45, 2.75) is 57.1 Å². The highest BCUT2D eigenvalue weighted by Crippen LogP contribution is 2.19. The molecule has 2 N–H and O–H groups in total. The predicted octanol–water partition coefficient (Wildman–Crippen LogP) is 2.90. The Balaban J connectivity index is 2.45. The third kappa shape index (κ3) is 4.14. The highest BCUT2D eigenvalue weighted by atomic mass is 32.2. The summed E-state index contributed by atoms with van der Waals surface area (Å²) in [5, 5.41) is 4.57. The molecule has 0 aliphatic heterocycles. The standard InChI is InChI=1S/C11H21N3OS/c1-4-6-9(12)11-13-10(14-15-11)7-16-8(3)5-2/h8-9H,4-7,12H2,1-3H3/t8?,9-/m1/s1. The molecule has 4 nitrogen and oxygen atoms in total. The molecule has 16 heavy (non-hydrogen) atoms. The molecule has 0 radical (unpaired) electrons. The van der Waals surface area contributed by atoms with Gasteiger partial charge in [-0.25, -0.2) is 0 Å². The Morgan fingerprint density at radius 1 is 1.44 bits per heavy atom. The minimum Gasteiger partial charge on any atom is -0.338 e. The van der Waals surface area contributed by atoms with Crippen LogP contribution in [-0.4, -0.2) is 15.4 Å². The maximum atomic E-state index is 5.90. The lowest BCUT2D eigenvalue weighted by atomic mass is 10.2. The normalized spacial score (nSPS) is 15.0. The highest BCUT2D eigenvalue weighted by Gasteiger charge is 2.14. The van der Waals surface area contributed by atoms with Crippen molar-refractivity contribution in [1.82, 2.24) is 10.1 Å². The van der Waals surface area contributed by atoms with Gasteiger partial charge in [0.05, 0.1) is 11.8 Å². The van der Waals surface area contributed by atoms with Crippen molar-refractivity contribution < 1.29 is 4.52 Å². The number of aromatic nitrogens is 2. The van der Waals surface area contributed by atoms with Gasteiger partial charge in [-0.2, -0.15) is 16.7 Å². The zero-order chi connectivity index (χ0) is 12.0. The monoisotopic (exact) mass is 243 g/mol. The van der Waals surface area contributed by atoms with Gasteiger partial charge in [0.15, 0.2) is 5.82 Å². The first-order valence-corrected chi connectivity index (χ1v) is 6.91. The van der Waals surface area contributed by atoms with Crippen LogP contribution in [0.2, 0.25) is 0 Å². The Bertz CT molecular complexity index is 303. The average Bonchev–Trinajstić information content (AvgIpc) is 2.75. The molecule has 0 aromatic carbocycles. The lowest BCUT2D eigenvalue weighted by molar-refractivity contribution is 0.345. The Labute approximate surface area is 101 Å². The summed E-state index contributed by atoms with van der Waals surface area (Å²) < 4.78 is 5.15. The fourth-order valence-corrected chi connectivity index (χ4v) is 2.03. The summed E-state index contributed by atoms with van der Waals surface area (Å²) >= 11 is 1.84. The summed E-state index contributed by atoms with van der Waals surface area (Å²) in [6.07, 6.45) is 3.07. The zero-order valence-electron chi connectivity index (χ0n) is 10.3. The van der Waals surface area contributed by atoms with Crippen LogP contribution < -0.4 is 5.73 Å². The van der Waals surface area contributed by atoms with Gasteiger partial charge in [-0.3, -0.25) is 0 Å². The van der Waals surface area contributed by atoms with E-state index in [1.807, 2.05) is 11.8 Å². The molecule has 0 amide bonds. The van der Waals surface area contributed by atoms with Crippen LogP contribution in [0, 0.1) is 0 Å². The maximum Gasteiger partial charge on any atom is 0.243 e. The minimum atomic E-state index is -0.111. The Morgan fingerprint density at radius 2 is 2.19 bits per heavy atom. The molecule has 1 heterocycles. The fourth-order valence-electron chi connectivity index (χ4n) is 1.25. The van der Waals surface area contributed by atoms with Crippen molar-refractivity contribution in [2.24, 2.45) is 5.73 Å². The lowest BCUT2D eigenvalue weighted by Crippen LogP contribution is -2.10. The van der Waals surface area contributed by atoms with Crippen LogP contribution in [-0.2, 0) is 5.75 Å². The Kier molecular flexibility index (Phi) is 5.84. The molecule has 0 aliphatic carbocycles. The van der Waals surface area contributed by atoms with Crippen LogP contribution in [0.3, 0.4) is 0 Å². The molecule has 2 atom stereocenters. The number of hydrogen-bond acceptors (Lipinski definition) is 5. The van der Waals surface area contributed by atoms with Gasteiger partial charge in [0.2, 0.25) is 5.89 Å². The summed E-state index contributed by atoms with van der Waals surface area (Å²) in [7, 11) is 0. The lowest BCUT2D eigenvalue weighted by Gasteiger charge is -2.04. The van der Waals surface area contributed by atoms with Gasteiger partial charge in [-0.15, -0.1) is 0 Å². The molecule has 92 valence electrons. The minimum absolute atomic E-state index is 0.111. The first-order chi connectivity index (χ1) is 7.67. The Morgan fingerprint density at radius 3 is 2.81 bits per heavy atom. The molecule has 1 aromatic heterocycles. The highest BCUT2D eigenvalue weighted by molar-refractivity contribution is 7.99. The number of hydrogen-bond donors (Lipinski definition) is 1. The van der Waals surface area contributed by atoms with E-state index in [9.17, 15) is 0 Å². The average molecular weight is 243 g/mol. The smallest absolute Gasteiger partial charge is 0.243 e. The Hall–Kier alpha value is -0.550. The maximum absolute atomic E-state index is 5.90. The summed E-state index contributed by atoms with van der Waals surface area (Å²) in [6, 6.07) is -0.111. The van der Waals surface area contributed by atoms with Crippen LogP contribution in [0.5, 0.6) is 0 Å². The second kappa shape index (κ2) is 6.91. The van der Waals surface area contributed by atoms with Gasteiger partial charge in [0.25, 0.3) is 0 Å². The van der Waals surface area contributed by atoms with Gasteiger partial charge < -0.3 is 10.3 Å². The van der Waals surface area contributed by atoms with E-state index in [1.165, 1.54) is 0 Å². The zero-order valence-corrected chi connectivity index (χ0v) is 11.1. The first-order valence-electron chi connectivity index (χ1n) is 5.87. The fraction of sp³-hybridized carbons (Fsp3) is 0.818. The van der Waals surface area contributed by atoms with Crippen LogP contribution in [0.15, 0.2) is 4.52 Å². The van der Waals surface area contributed by atoms with Gasteiger partial charge in [0.1, 0.15) is 0 Å². The second-order valence-corrected chi connectivity index (χ2v) is 5.40. The number of thioether (sulfide) groups is 1. The first kappa shape index (κ1) is 13.5. The van der Waals surface area contributed by atoms with Gasteiger partial charge >= 0.3 is 0 Å². The van der Waals surface area contributed by atoms with Crippen molar-refractivity contribution in [1.29, 1.82) is 0 Å². The largest absolute Gasteiger partial charge is 0.338 e. The molecule has 1 rings (SSSR count). The number of nitrogens with two attached hydrogens (primary N) is 1. The van der Waals surface area contributed by atoms with E-state index in [2.05, 4.69) is 30.9 Å². The van der Waals surface area contributed by atoms with E-state index in [0.29, 0.717) is 11.1 Å². The van der Waals surface area contributed by atoms with E-state index >= 15 is 0 Å². The molecule has 5 heteroatoms. The molecule has 0 saturated heterocycles. The third-order valence-electron chi connectivity index (χ3n) is 2.47. The van der Waals surface area contributed by atoms with Crippen molar-refractivity contribution in [3.63, 3.8) is 0 Å². The van der Waals surface area contributed by atoms with Crippen molar-refractivity contribution >= 4 is 11.8 Å². The SMILES string of the molecule is CCC[C@@H](N)c1nc(CSC(C)CC)no1. The summed E-state index contributed by atoms with van der Waals surface area (Å²) in [4.78, 5) is 4.31. The van der Waals surface area contributed by atoms with Gasteiger partial charge in [-0.1, -0.05) is 32.3 Å². The molecule has 0 fully saturated rings. The van der Waals surface area contributed by atoms with Crippen LogP contribution in [0.1, 0.15) is 57.8 Å². The van der Waals surface area contributed by atoms with Crippen LogP contribution in [0.4, 0.5) is 0 Å². The summed E-state index contributed by atoms with van der Waals surface area (Å²) in [5.41, 5.74) is 5.90. The molecule has 1 unspecified atom stereocenters. The predicted molar refractivity (Wildman–Crippen MR) is 67.2 cm³/mol. The molecular weight excluding hydrogens is 222 g/mol.